The van der Waals surface area contributed by atoms with E-state index in [2.05, 4.69) is 11.1 Å². The van der Waals surface area contributed by atoms with Crippen molar-refractivity contribution in [3.05, 3.63) is 70.9 Å². The van der Waals surface area contributed by atoms with Crippen molar-refractivity contribution in [2.24, 2.45) is 0 Å². The van der Waals surface area contributed by atoms with Crippen LogP contribution >= 0.6 is 0 Å². The Morgan fingerprint density at radius 1 is 1.22 bits per heavy atom. The second-order valence-corrected chi connectivity index (χ2v) is 6.62. The van der Waals surface area contributed by atoms with Gasteiger partial charge in [0.15, 0.2) is 0 Å². The van der Waals surface area contributed by atoms with Crippen LogP contribution in [0.3, 0.4) is 0 Å². The lowest BCUT2D eigenvalue weighted by molar-refractivity contribution is 0.203. The number of hydrogen-bond donors (Lipinski definition) is 2. The molecule has 3 rings (SSSR count). The Kier molecular flexibility index (Phi) is 5.49. The molecular weight excluding hydrogens is 338 g/mol. The lowest BCUT2D eigenvalue weighted by Gasteiger charge is -2.12. The van der Waals surface area contributed by atoms with Gasteiger partial charge in [0.25, 0.3) is 0 Å². The van der Waals surface area contributed by atoms with Gasteiger partial charge in [-0.3, -0.25) is 4.98 Å². The third kappa shape index (κ3) is 4.49. The molecule has 1 aromatic heterocycles. The van der Waals surface area contributed by atoms with Gasteiger partial charge in [-0.25, -0.2) is 0 Å². The zero-order chi connectivity index (χ0) is 19.4. The predicted octanol–water partition coefficient (Wildman–Crippen LogP) is 4.13. The minimum Gasteiger partial charge on any atom is -0.489 e. The van der Waals surface area contributed by atoms with Crippen molar-refractivity contribution in [2.75, 3.05) is 0 Å². The van der Waals surface area contributed by atoms with Crippen LogP contribution < -0.4 is 4.74 Å². The highest BCUT2D eigenvalue weighted by molar-refractivity contribution is 6.09. The second-order valence-electron chi connectivity index (χ2n) is 6.62. The molecule has 0 fully saturated rings. The van der Waals surface area contributed by atoms with Gasteiger partial charge < -0.3 is 15.3 Å². The number of nitriles is 1. The first-order valence-electron chi connectivity index (χ1n) is 8.75. The van der Waals surface area contributed by atoms with Gasteiger partial charge in [0.1, 0.15) is 12.4 Å². The summed E-state index contributed by atoms with van der Waals surface area (Å²) in [6.45, 7) is 3.97. The van der Waals surface area contributed by atoms with Gasteiger partial charge in [-0.2, -0.15) is 5.26 Å². The summed E-state index contributed by atoms with van der Waals surface area (Å²) in [6, 6.07) is 16.9. The molecule has 0 saturated heterocycles. The van der Waals surface area contributed by atoms with Crippen molar-refractivity contribution in [2.45, 2.75) is 33.0 Å². The van der Waals surface area contributed by atoms with E-state index in [9.17, 15) is 5.11 Å². The van der Waals surface area contributed by atoms with Gasteiger partial charge in [-0.15, -0.1) is 0 Å². The first-order valence-corrected chi connectivity index (χ1v) is 8.75. The molecular formula is C22H21N3O2. The number of pyridine rings is 1. The molecule has 0 aliphatic rings. The van der Waals surface area contributed by atoms with E-state index < -0.39 is 6.10 Å². The zero-order valence-corrected chi connectivity index (χ0v) is 15.4. The molecule has 0 radical (unpaired) electrons. The molecule has 5 heteroatoms. The Morgan fingerprint density at radius 2 is 1.96 bits per heavy atom. The van der Waals surface area contributed by atoms with Crippen LogP contribution in [0.25, 0.3) is 10.9 Å². The minimum absolute atomic E-state index is 0.301. The fourth-order valence-electron chi connectivity index (χ4n) is 2.93. The quantitative estimate of drug-likeness (QED) is 0.648. The predicted molar refractivity (Wildman–Crippen MR) is 105 cm³/mol. The standard InChI is InChI=1S/C22H21N3O2/c1-14-9-20(21(24)10-15(2)26)19-8-7-18(11-22(19)25-14)27-13-17-5-3-16(12-23)4-6-17/h3-9,11,15,24,26H,10,13H2,1-2H3/t15-/m1/s1. The second kappa shape index (κ2) is 7.98. The maximum absolute atomic E-state index is 9.59. The summed E-state index contributed by atoms with van der Waals surface area (Å²) in [7, 11) is 0. The van der Waals surface area contributed by atoms with Crippen LogP contribution in [-0.2, 0) is 6.61 Å². The normalized spacial score (nSPS) is 11.8. The summed E-state index contributed by atoms with van der Waals surface area (Å²) < 4.78 is 5.86. The first-order chi connectivity index (χ1) is 13.0. The van der Waals surface area contributed by atoms with Gasteiger partial charge in [-0.1, -0.05) is 12.1 Å². The molecule has 5 nitrogen and oxygen atoms in total. The minimum atomic E-state index is -0.559. The van der Waals surface area contributed by atoms with Crippen molar-refractivity contribution in [3.8, 4) is 11.8 Å². The van der Waals surface area contributed by atoms with Crippen LogP contribution in [0.15, 0.2) is 48.5 Å². The number of aromatic nitrogens is 1. The van der Waals surface area contributed by atoms with Gasteiger partial charge in [0, 0.05) is 34.8 Å². The molecule has 0 spiro atoms. The molecule has 0 amide bonds. The van der Waals surface area contributed by atoms with Crippen molar-refractivity contribution >= 4 is 16.6 Å². The van der Waals surface area contributed by atoms with Crippen LogP contribution in [0, 0.1) is 23.7 Å². The Balaban J connectivity index is 1.84. The van der Waals surface area contributed by atoms with Crippen molar-refractivity contribution in [1.29, 1.82) is 10.7 Å². The number of nitrogens with one attached hydrogen (secondary N) is 1. The van der Waals surface area contributed by atoms with E-state index in [1.807, 2.05) is 43.3 Å². The molecule has 27 heavy (non-hydrogen) atoms. The number of benzene rings is 2. The molecule has 0 aliphatic heterocycles. The molecule has 0 bridgehead atoms. The van der Waals surface area contributed by atoms with Gasteiger partial charge >= 0.3 is 0 Å². The Bertz CT molecular complexity index is 1020. The van der Waals surface area contributed by atoms with Gasteiger partial charge in [0.2, 0.25) is 0 Å². The maximum atomic E-state index is 9.59. The first kappa shape index (κ1) is 18.6. The fraction of sp³-hybridized carbons (Fsp3) is 0.227. The lowest BCUT2D eigenvalue weighted by atomic mass is 9.99. The SMILES string of the molecule is Cc1cc(C(=N)C[C@@H](C)O)c2ccc(OCc3ccc(C#N)cc3)cc2n1. The van der Waals surface area contributed by atoms with Crippen LogP contribution in [0.4, 0.5) is 0 Å². The Hall–Kier alpha value is -3.23. The third-order valence-corrected chi connectivity index (χ3v) is 4.22. The molecule has 0 unspecified atom stereocenters. The summed E-state index contributed by atoms with van der Waals surface area (Å²) in [5.41, 5.74) is 4.36. The molecule has 1 heterocycles. The number of nitrogens with zero attached hydrogens (tertiary/aromatic N) is 2. The fourth-order valence-corrected chi connectivity index (χ4v) is 2.93. The Labute approximate surface area is 158 Å². The number of rotatable bonds is 6. The molecule has 0 saturated carbocycles. The highest BCUT2D eigenvalue weighted by atomic mass is 16.5. The van der Waals surface area contributed by atoms with Crippen LogP contribution in [-0.4, -0.2) is 21.9 Å². The summed E-state index contributed by atoms with van der Waals surface area (Å²) in [6.07, 6.45) is -0.258. The monoisotopic (exact) mass is 359 g/mol. The number of aryl methyl sites for hydroxylation is 1. The van der Waals surface area contributed by atoms with E-state index in [1.165, 1.54) is 0 Å². The number of hydrogen-bond acceptors (Lipinski definition) is 5. The molecule has 0 aliphatic carbocycles. The molecule has 136 valence electrons. The molecule has 2 aromatic carbocycles. The summed E-state index contributed by atoms with van der Waals surface area (Å²) in [5.74, 6) is 0.693. The summed E-state index contributed by atoms with van der Waals surface area (Å²) in [5, 5.41) is 27.6. The van der Waals surface area contributed by atoms with E-state index in [1.54, 1.807) is 19.1 Å². The van der Waals surface area contributed by atoms with Gasteiger partial charge in [-0.05, 0) is 49.7 Å². The highest BCUT2D eigenvalue weighted by Gasteiger charge is 2.12. The van der Waals surface area contributed by atoms with E-state index in [0.717, 1.165) is 27.7 Å². The average molecular weight is 359 g/mol. The average Bonchev–Trinajstić information content (AvgIpc) is 2.65. The number of ether oxygens (including phenoxy) is 1. The van der Waals surface area contributed by atoms with Crippen LogP contribution in [0.2, 0.25) is 0 Å². The highest BCUT2D eigenvalue weighted by Crippen LogP contribution is 2.25. The maximum Gasteiger partial charge on any atom is 0.122 e. The topological polar surface area (TPSA) is 90.0 Å². The third-order valence-electron chi connectivity index (χ3n) is 4.22. The van der Waals surface area contributed by atoms with Crippen LogP contribution in [0.1, 0.15) is 35.7 Å². The lowest BCUT2D eigenvalue weighted by Crippen LogP contribution is -2.10. The molecule has 1 atom stereocenters. The van der Waals surface area contributed by atoms with Gasteiger partial charge in [0.05, 0.1) is 23.3 Å². The van der Waals surface area contributed by atoms with E-state index in [0.29, 0.717) is 30.1 Å². The smallest absolute Gasteiger partial charge is 0.122 e. The van der Waals surface area contributed by atoms with E-state index in [4.69, 9.17) is 15.4 Å². The zero-order valence-electron chi connectivity index (χ0n) is 15.4. The largest absolute Gasteiger partial charge is 0.489 e. The number of aliphatic hydroxyl groups is 1. The van der Waals surface area contributed by atoms with Crippen molar-refractivity contribution < 1.29 is 9.84 Å². The Morgan fingerprint density at radius 3 is 2.63 bits per heavy atom. The summed E-state index contributed by atoms with van der Waals surface area (Å²) in [4.78, 5) is 4.56. The van der Waals surface area contributed by atoms with E-state index >= 15 is 0 Å². The summed E-state index contributed by atoms with van der Waals surface area (Å²) >= 11 is 0. The number of fused-ring (bicyclic) bond motifs is 1. The van der Waals surface area contributed by atoms with Crippen molar-refractivity contribution in [1.82, 2.24) is 4.98 Å². The van der Waals surface area contributed by atoms with E-state index in [-0.39, 0.29) is 0 Å². The van der Waals surface area contributed by atoms with Crippen LogP contribution in [0.5, 0.6) is 5.75 Å². The molecule has 3 aromatic rings. The molecule has 2 N–H and O–H groups in total. The van der Waals surface area contributed by atoms with Crippen molar-refractivity contribution in [3.63, 3.8) is 0 Å². The number of aliphatic hydroxyl groups excluding tert-OH is 1.